The smallest absolute Gasteiger partial charge is 0.478 e. The predicted octanol–water partition coefficient (Wildman–Crippen LogP) is 2.96. The third-order valence-electron chi connectivity index (χ3n) is 1.66. The lowest BCUT2D eigenvalue weighted by molar-refractivity contribution is -0.275. The monoisotopic (exact) mass is 268 g/mol. The number of alkyl halides is 3. The van der Waals surface area contributed by atoms with Gasteiger partial charge in [0.05, 0.1) is 0 Å². The van der Waals surface area contributed by atoms with Crippen molar-refractivity contribution < 1.29 is 36.6 Å². The van der Waals surface area contributed by atoms with Crippen molar-refractivity contribution in [1.29, 1.82) is 0 Å². The summed E-state index contributed by atoms with van der Waals surface area (Å²) in [5, 5.41) is 8.28. The summed E-state index contributed by atoms with van der Waals surface area (Å²) in [6, 6.07) is 0.749. The van der Waals surface area contributed by atoms with E-state index in [0.717, 1.165) is 0 Å². The van der Waals surface area contributed by atoms with Crippen molar-refractivity contribution in [1.82, 2.24) is 0 Å². The molecule has 0 amide bonds. The highest BCUT2D eigenvalue weighted by Crippen LogP contribution is 2.29. The van der Waals surface area contributed by atoms with Crippen LogP contribution in [0.4, 0.5) is 22.0 Å². The molecule has 0 fully saturated rings. The lowest BCUT2D eigenvalue weighted by atomic mass is 10.1. The van der Waals surface area contributed by atoms with Gasteiger partial charge in [-0.25, -0.2) is 13.6 Å². The molecule has 0 bridgehead atoms. The third-order valence-corrected chi connectivity index (χ3v) is 1.66. The molecule has 0 aliphatic carbocycles. The minimum absolute atomic E-state index is 0.209. The first kappa shape index (κ1) is 13.9. The first-order chi connectivity index (χ1) is 8.19. The van der Waals surface area contributed by atoms with Gasteiger partial charge in [-0.15, -0.1) is 13.2 Å². The van der Waals surface area contributed by atoms with Crippen molar-refractivity contribution in [3.8, 4) is 5.75 Å². The number of ether oxygens (including phenoxy) is 1. The van der Waals surface area contributed by atoms with E-state index in [1.54, 1.807) is 0 Å². The Bertz CT molecular complexity index is 493. The number of hydrogen-bond donors (Lipinski definition) is 1. The number of carbonyl (C=O) groups is 1. The number of rotatable bonds is 3. The zero-order valence-corrected chi connectivity index (χ0v) is 8.46. The van der Waals surface area contributed by atoms with E-state index in [9.17, 15) is 26.7 Å². The van der Waals surface area contributed by atoms with E-state index >= 15 is 0 Å². The van der Waals surface area contributed by atoms with Crippen LogP contribution in [0.5, 0.6) is 5.75 Å². The molecule has 3 nitrogen and oxygen atoms in total. The summed E-state index contributed by atoms with van der Waals surface area (Å²) in [6.07, 6.45) is -4.11. The first-order valence-electron chi connectivity index (χ1n) is 4.35. The molecule has 0 aliphatic rings. The minimum atomic E-state index is -5.18. The average Bonchev–Trinajstić information content (AvgIpc) is 2.18. The average molecular weight is 268 g/mol. The molecular weight excluding hydrogens is 263 g/mol. The van der Waals surface area contributed by atoms with Crippen LogP contribution in [0.3, 0.4) is 0 Å². The first-order valence-corrected chi connectivity index (χ1v) is 4.35. The Morgan fingerprint density at radius 1 is 1.28 bits per heavy atom. The summed E-state index contributed by atoms with van der Waals surface area (Å²) < 4.78 is 65.2. The number of hydrogen-bond acceptors (Lipinski definition) is 2. The van der Waals surface area contributed by atoms with Crippen molar-refractivity contribution in [2.45, 2.75) is 6.36 Å². The Morgan fingerprint density at radius 2 is 1.89 bits per heavy atom. The highest BCUT2D eigenvalue weighted by Gasteiger charge is 2.33. The molecule has 0 saturated carbocycles. The molecule has 0 radical (unpaired) electrons. The quantitative estimate of drug-likeness (QED) is 0.677. The zero-order valence-electron chi connectivity index (χ0n) is 8.46. The van der Waals surface area contributed by atoms with Gasteiger partial charge in [0.25, 0.3) is 0 Å². The van der Waals surface area contributed by atoms with Gasteiger partial charge < -0.3 is 9.84 Å². The van der Waals surface area contributed by atoms with E-state index in [4.69, 9.17) is 5.11 Å². The molecule has 18 heavy (non-hydrogen) atoms. The Balaban J connectivity index is 3.18. The van der Waals surface area contributed by atoms with Crippen LogP contribution in [0, 0.1) is 11.6 Å². The molecule has 0 spiro atoms. The van der Waals surface area contributed by atoms with Gasteiger partial charge in [-0.05, 0) is 12.1 Å². The lowest BCUT2D eigenvalue weighted by Crippen LogP contribution is -2.18. The van der Waals surface area contributed by atoms with Gasteiger partial charge in [-0.2, -0.15) is 0 Å². The summed E-state index contributed by atoms with van der Waals surface area (Å²) in [4.78, 5) is 10.2. The fourth-order valence-electron chi connectivity index (χ4n) is 1.07. The van der Waals surface area contributed by atoms with Crippen molar-refractivity contribution in [2.24, 2.45) is 0 Å². The summed E-state index contributed by atoms with van der Waals surface area (Å²) >= 11 is 0. The highest BCUT2D eigenvalue weighted by molar-refractivity contribution is 5.85. The van der Waals surface area contributed by atoms with Gasteiger partial charge in [0.15, 0.2) is 11.6 Å². The van der Waals surface area contributed by atoms with Crippen molar-refractivity contribution in [3.63, 3.8) is 0 Å². The number of benzene rings is 1. The van der Waals surface area contributed by atoms with Crippen LogP contribution in [0.25, 0.3) is 6.08 Å². The van der Waals surface area contributed by atoms with Crippen LogP contribution >= 0.6 is 0 Å². The second-order valence-corrected chi connectivity index (χ2v) is 3.03. The summed E-state index contributed by atoms with van der Waals surface area (Å²) in [5.74, 6) is -5.53. The molecule has 0 atom stereocenters. The Morgan fingerprint density at radius 3 is 2.39 bits per heavy atom. The number of carboxylic acids is 1. The maximum Gasteiger partial charge on any atom is 0.573 e. The van der Waals surface area contributed by atoms with Crippen molar-refractivity contribution in [2.75, 3.05) is 0 Å². The van der Waals surface area contributed by atoms with Gasteiger partial charge in [-0.3, -0.25) is 0 Å². The lowest BCUT2D eigenvalue weighted by Gasteiger charge is -2.10. The number of halogens is 5. The van der Waals surface area contributed by atoms with E-state index in [-0.39, 0.29) is 6.07 Å². The Labute approximate surface area is 97.1 Å². The van der Waals surface area contributed by atoms with E-state index in [2.05, 4.69) is 4.74 Å². The molecule has 98 valence electrons. The van der Waals surface area contributed by atoms with Crippen LogP contribution in [-0.4, -0.2) is 17.4 Å². The van der Waals surface area contributed by atoms with Crippen LogP contribution in [0.1, 0.15) is 5.56 Å². The zero-order chi connectivity index (χ0) is 13.9. The van der Waals surface area contributed by atoms with Crippen LogP contribution in [0.15, 0.2) is 18.2 Å². The second kappa shape index (κ2) is 5.03. The van der Waals surface area contributed by atoms with Crippen molar-refractivity contribution >= 4 is 12.0 Å². The number of aliphatic carboxylic acids is 1. The Kier molecular flexibility index (Phi) is 3.89. The fraction of sp³-hybridized carbons (Fsp3) is 0.100. The van der Waals surface area contributed by atoms with E-state index in [1.165, 1.54) is 0 Å². The molecule has 1 rings (SSSR count). The van der Waals surface area contributed by atoms with Gasteiger partial charge in [-0.1, -0.05) is 0 Å². The number of carboxylic acid groups (broad SMARTS) is 1. The normalized spacial score (nSPS) is 11.8. The molecule has 0 aliphatic heterocycles. The highest BCUT2D eigenvalue weighted by atomic mass is 19.4. The largest absolute Gasteiger partial charge is 0.573 e. The predicted molar refractivity (Wildman–Crippen MR) is 49.7 cm³/mol. The molecule has 1 aromatic rings. The van der Waals surface area contributed by atoms with Crippen molar-refractivity contribution in [3.05, 3.63) is 35.4 Å². The van der Waals surface area contributed by atoms with E-state index in [1.807, 2.05) is 0 Å². The summed E-state index contributed by atoms with van der Waals surface area (Å²) in [7, 11) is 0. The van der Waals surface area contributed by atoms with Crippen LogP contribution in [-0.2, 0) is 4.79 Å². The maximum absolute atomic E-state index is 13.4. The van der Waals surface area contributed by atoms with Gasteiger partial charge in [0.1, 0.15) is 5.82 Å². The SMILES string of the molecule is O=C(O)/C=C/c1cc(F)cc(OC(F)(F)F)c1F. The second-order valence-electron chi connectivity index (χ2n) is 3.03. The molecule has 1 N–H and O–H groups in total. The van der Waals surface area contributed by atoms with E-state index in [0.29, 0.717) is 18.2 Å². The molecular formula is C10H5F5O3. The van der Waals surface area contributed by atoms with E-state index < -0.39 is 35.3 Å². The van der Waals surface area contributed by atoms with Gasteiger partial charge in [0.2, 0.25) is 0 Å². The standard InChI is InChI=1S/C10H5F5O3/c11-6-3-5(1-2-8(16)17)9(12)7(4-6)18-10(13,14)15/h1-4H,(H,16,17)/b2-1+. The van der Waals surface area contributed by atoms with Crippen LogP contribution in [0.2, 0.25) is 0 Å². The molecule has 0 saturated heterocycles. The fourth-order valence-corrected chi connectivity index (χ4v) is 1.07. The molecule has 8 heteroatoms. The maximum atomic E-state index is 13.4. The summed E-state index contributed by atoms with van der Waals surface area (Å²) in [6.45, 7) is 0. The summed E-state index contributed by atoms with van der Waals surface area (Å²) in [5.41, 5.74) is -0.670. The van der Waals surface area contributed by atoms with Gasteiger partial charge >= 0.3 is 12.3 Å². The Hall–Kier alpha value is -2.12. The van der Waals surface area contributed by atoms with Gasteiger partial charge in [0, 0.05) is 17.7 Å². The molecule has 0 unspecified atom stereocenters. The molecule has 0 heterocycles. The minimum Gasteiger partial charge on any atom is -0.478 e. The third kappa shape index (κ3) is 4.04. The van der Waals surface area contributed by atoms with Crippen LogP contribution < -0.4 is 4.74 Å². The topological polar surface area (TPSA) is 46.5 Å². The molecule has 0 aromatic heterocycles. The molecule has 1 aromatic carbocycles.